The van der Waals surface area contributed by atoms with Crippen molar-refractivity contribution in [3.05, 3.63) is 150 Å². The largest absolute Gasteiger partial charge is 0.309 e. The third kappa shape index (κ3) is 4.75. The molecule has 3 heterocycles. The zero-order valence-corrected chi connectivity index (χ0v) is 25.1. The standard InChI is InChI=1S/C38H24BrN5/c39-30-22-29(23-31(24-30)44-34-12-6-4-10-32(34)33-11-5-7-13-35(33)44)38-42-36(27-8-2-1-3-9-27)41-37(43-38)28-16-14-25(15-17-28)26-18-20-40-21-19-26/h1-24H. The van der Waals surface area contributed by atoms with E-state index in [1.165, 1.54) is 10.8 Å². The van der Waals surface area contributed by atoms with Gasteiger partial charge in [0.1, 0.15) is 0 Å². The van der Waals surface area contributed by atoms with Crippen molar-refractivity contribution >= 4 is 37.7 Å². The fourth-order valence-corrected chi connectivity index (χ4v) is 6.22. The second-order valence-electron chi connectivity index (χ2n) is 10.6. The summed E-state index contributed by atoms with van der Waals surface area (Å²) in [6.07, 6.45) is 3.61. The molecule has 0 aliphatic rings. The number of aromatic nitrogens is 5. The molecule has 0 N–H and O–H groups in total. The van der Waals surface area contributed by atoms with Gasteiger partial charge >= 0.3 is 0 Å². The molecule has 5 aromatic carbocycles. The van der Waals surface area contributed by atoms with Gasteiger partial charge in [-0.3, -0.25) is 4.98 Å². The second-order valence-corrected chi connectivity index (χ2v) is 11.5. The van der Waals surface area contributed by atoms with Gasteiger partial charge in [0.2, 0.25) is 0 Å². The minimum absolute atomic E-state index is 0.607. The summed E-state index contributed by atoms with van der Waals surface area (Å²) in [5.74, 6) is 1.85. The van der Waals surface area contributed by atoms with E-state index >= 15 is 0 Å². The topological polar surface area (TPSA) is 56.5 Å². The maximum atomic E-state index is 5.03. The van der Waals surface area contributed by atoms with Crippen molar-refractivity contribution in [1.82, 2.24) is 24.5 Å². The van der Waals surface area contributed by atoms with Crippen LogP contribution in [0.1, 0.15) is 0 Å². The Hall–Kier alpha value is -5.46. The van der Waals surface area contributed by atoms with Crippen molar-refractivity contribution in [3.63, 3.8) is 0 Å². The fraction of sp³-hybridized carbons (Fsp3) is 0. The van der Waals surface area contributed by atoms with Gasteiger partial charge in [0.25, 0.3) is 0 Å². The predicted octanol–water partition coefficient (Wildman–Crippen LogP) is 9.79. The molecule has 8 rings (SSSR count). The number of para-hydroxylation sites is 2. The lowest BCUT2D eigenvalue weighted by molar-refractivity contribution is 1.07. The van der Waals surface area contributed by atoms with Crippen molar-refractivity contribution in [3.8, 4) is 51.0 Å². The molecule has 0 radical (unpaired) electrons. The molecule has 5 nitrogen and oxygen atoms in total. The van der Waals surface area contributed by atoms with Gasteiger partial charge in [0.05, 0.1) is 11.0 Å². The molecule has 3 aromatic heterocycles. The predicted molar refractivity (Wildman–Crippen MR) is 181 cm³/mol. The summed E-state index contributed by atoms with van der Waals surface area (Å²) in [7, 11) is 0. The lowest BCUT2D eigenvalue weighted by Gasteiger charge is -2.12. The van der Waals surface area contributed by atoms with Gasteiger partial charge in [-0.15, -0.1) is 0 Å². The van der Waals surface area contributed by atoms with Crippen LogP contribution < -0.4 is 0 Å². The van der Waals surface area contributed by atoms with E-state index in [0.717, 1.165) is 49.0 Å². The Morgan fingerprint density at radius 3 is 1.57 bits per heavy atom. The van der Waals surface area contributed by atoms with Gasteiger partial charge in [-0.25, -0.2) is 15.0 Å². The zero-order valence-electron chi connectivity index (χ0n) is 23.5. The van der Waals surface area contributed by atoms with Crippen molar-refractivity contribution in [1.29, 1.82) is 0 Å². The highest BCUT2D eigenvalue weighted by Crippen LogP contribution is 2.35. The molecule has 0 atom stereocenters. The van der Waals surface area contributed by atoms with Gasteiger partial charge in [0.15, 0.2) is 17.5 Å². The van der Waals surface area contributed by atoms with E-state index in [-0.39, 0.29) is 0 Å². The molecule has 0 saturated heterocycles. The normalized spacial score (nSPS) is 11.3. The molecule has 208 valence electrons. The highest BCUT2D eigenvalue weighted by molar-refractivity contribution is 9.10. The first-order valence-corrected chi connectivity index (χ1v) is 15.1. The summed E-state index contributed by atoms with van der Waals surface area (Å²) in [5.41, 5.74) is 8.28. The number of hydrogen-bond donors (Lipinski definition) is 0. The maximum absolute atomic E-state index is 5.03. The van der Waals surface area contributed by atoms with E-state index < -0.39 is 0 Å². The molecule has 44 heavy (non-hydrogen) atoms. The van der Waals surface area contributed by atoms with Gasteiger partial charge in [-0.2, -0.15) is 0 Å². The summed E-state index contributed by atoms with van der Waals surface area (Å²) in [5, 5.41) is 2.43. The van der Waals surface area contributed by atoms with E-state index in [9.17, 15) is 0 Å². The number of rotatable bonds is 5. The summed E-state index contributed by atoms with van der Waals surface area (Å²) < 4.78 is 3.24. The van der Waals surface area contributed by atoms with Crippen molar-refractivity contribution in [2.24, 2.45) is 0 Å². The summed E-state index contributed by atoms with van der Waals surface area (Å²) in [6.45, 7) is 0. The minimum Gasteiger partial charge on any atom is -0.309 e. The van der Waals surface area contributed by atoms with Crippen molar-refractivity contribution in [2.45, 2.75) is 0 Å². The Labute approximate surface area is 262 Å². The van der Waals surface area contributed by atoms with Crippen LogP contribution >= 0.6 is 15.9 Å². The Morgan fingerprint density at radius 1 is 0.432 bits per heavy atom. The number of nitrogens with zero attached hydrogens (tertiary/aromatic N) is 5. The lowest BCUT2D eigenvalue weighted by Crippen LogP contribution is -2.01. The van der Waals surface area contributed by atoms with Crippen LogP contribution in [0.2, 0.25) is 0 Å². The second kappa shape index (κ2) is 11.0. The van der Waals surface area contributed by atoms with Crippen LogP contribution in [0.15, 0.2) is 150 Å². The van der Waals surface area contributed by atoms with Crippen LogP contribution in [0, 0.1) is 0 Å². The first-order chi connectivity index (χ1) is 21.7. The number of fused-ring (bicyclic) bond motifs is 3. The van der Waals surface area contributed by atoms with E-state index in [2.05, 4.69) is 116 Å². The monoisotopic (exact) mass is 629 g/mol. The van der Waals surface area contributed by atoms with Crippen LogP contribution in [0.25, 0.3) is 72.8 Å². The molecular formula is C38H24BrN5. The van der Waals surface area contributed by atoms with Crippen LogP contribution in [0.3, 0.4) is 0 Å². The van der Waals surface area contributed by atoms with E-state index in [1.807, 2.05) is 42.5 Å². The molecule has 6 heteroatoms. The smallest absolute Gasteiger partial charge is 0.164 e. The number of hydrogen-bond acceptors (Lipinski definition) is 4. The Kier molecular flexibility index (Phi) is 6.54. The van der Waals surface area contributed by atoms with E-state index in [1.54, 1.807) is 12.4 Å². The van der Waals surface area contributed by atoms with Crippen molar-refractivity contribution in [2.75, 3.05) is 0 Å². The van der Waals surface area contributed by atoms with Crippen LogP contribution in [0.4, 0.5) is 0 Å². The Bertz CT molecular complexity index is 2220. The first-order valence-electron chi connectivity index (χ1n) is 14.3. The average molecular weight is 631 g/mol. The Morgan fingerprint density at radius 2 is 0.932 bits per heavy atom. The molecule has 0 fully saturated rings. The quantitative estimate of drug-likeness (QED) is 0.190. The third-order valence-corrected chi connectivity index (χ3v) is 8.26. The minimum atomic E-state index is 0.607. The fourth-order valence-electron chi connectivity index (χ4n) is 5.74. The van der Waals surface area contributed by atoms with Gasteiger partial charge in [-0.05, 0) is 53.6 Å². The van der Waals surface area contributed by atoms with Crippen molar-refractivity contribution < 1.29 is 0 Å². The lowest BCUT2D eigenvalue weighted by atomic mass is 10.0. The molecule has 0 saturated carbocycles. The number of benzene rings is 5. The van der Waals surface area contributed by atoms with Gasteiger partial charge < -0.3 is 4.57 Å². The van der Waals surface area contributed by atoms with Crippen LogP contribution in [-0.2, 0) is 0 Å². The average Bonchev–Trinajstić information content (AvgIpc) is 3.43. The summed E-state index contributed by atoms with van der Waals surface area (Å²) >= 11 is 3.79. The Balaban J connectivity index is 1.30. The SMILES string of the molecule is Brc1cc(-c2nc(-c3ccccc3)nc(-c3ccc(-c4ccncc4)cc3)n2)cc(-n2c3ccccc3c3ccccc32)c1. The molecule has 0 spiro atoms. The van der Waals surface area contributed by atoms with Gasteiger partial charge in [-0.1, -0.05) is 107 Å². The molecule has 0 bridgehead atoms. The molecule has 8 aromatic rings. The first kappa shape index (κ1) is 26.2. The molecule has 0 aliphatic carbocycles. The van der Waals surface area contributed by atoms with Gasteiger partial charge in [0, 0.05) is 50.0 Å². The molecule has 0 unspecified atom stereocenters. The zero-order chi connectivity index (χ0) is 29.5. The molecule has 0 aliphatic heterocycles. The van der Waals surface area contributed by atoms with Crippen LogP contribution in [0.5, 0.6) is 0 Å². The third-order valence-electron chi connectivity index (χ3n) is 7.80. The van der Waals surface area contributed by atoms with E-state index in [4.69, 9.17) is 15.0 Å². The van der Waals surface area contributed by atoms with E-state index in [0.29, 0.717) is 17.5 Å². The number of pyridine rings is 1. The highest BCUT2D eigenvalue weighted by atomic mass is 79.9. The summed E-state index contributed by atoms with van der Waals surface area (Å²) in [4.78, 5) is 19.1. The number of halogens is 1. The maximum Gasteiger partial charge on any atom is 0.164 e. The highest BCUT2D eigenvalue weighted by Gasteiger charge is 2.16. The molecule has 0 amide bonds. The van der Waals surface area contributed by atoms with Crippen LogP contribution in [-0.4, -0.2) is 24.5 Å². The molecular weight excluding hydrogens is 606 g/mol. The summed E-state index contributed by atoms with van der Waals surface area (Å²) in [6, 6.07) is 45.8.